The Morgan fingerprint density at radius 3 is 2.18 bits per heavy atom. The molecule has 5 rings (SSSR count). The lowest BCUT2D eigenvalue weighted by Crippen LogP contribution is -2.20. The van der Waals surface area contributed by atoms with Crippen LogP contribution >= 0.6 is 11.6 Å². The Morgan fingerprint density at radius 2 is 1.53 bits per heavy atom. The van der Waals surface area contributed by atoms with E-state index in [2.05, 4.69) is 20.1 Å². The summed E-state index contributed by atoms with van der Waals surface area (Å²) in [6.07, 6.45) is 2.04. The van der Waals surface area contributed by atoms with Gasteiger partial charge in [0.05, 0.1) is 4.90 Å². The molecule has 0 aliphatic carbocycles. The fourth-order valence-electron chi connectivity index (χ4n) is 3.73. The molecule has 9 heteroatoms. The number of hydrogen-bond acceptors (Lipinski definition) is 5. The fourth-order valence-corrected chi connectivity index (χ4v) is 4.80. The van der Waals surface area contributed by atoms with Crippen molar-refractivity contribution in [2.24, 2.45) is 0 Å². The molecule has 34 heavy (non-hydrogen) atoms. The van der Waals surface area contributed by atoms with Gasteiger partial charge in [-0.1, -0.05) is 71.3 Å². The highest BCUT2D eigenvalue weighted by Gasteiger charge is 2.27. The molecular weight excluding hydrogens is 470 g/mol. The summed E-state index contributed by atoms with van der Waals surface area (Å²) in [4.78, 5) is 4.60. The first kappa shape index (κ1) is 22.2. The Labute approximate surface area is 203 Å². The number of aryl methyl sites for hydroxylation is 2. The molecule has 0 bridgehead atoms. The Morgan fingerprint density at radius 1 is 0.912 bits per heavy atom. The van der Waals surface area contributed by atoms with Crippen molar-refractivity contribution in [3.63, 3.8) is 0 Å². The zero-order valence-corrected chi connectivity index (χ0v) is 20.1. The lowest BCUT2D eigenvalue weighted by atomic mass is 10.0. The molecule has 0 fully saturated rings. The van der Waals surface area contributed by atoms with Gasteiger partial charge in [-0.15, -0.1) is 5.10 Å². The first-order valence-electron chi connectivity index (χ1n) is 10.7. The van der Waals surface area contributed by atoms with Gasteiger partial charge in [0.1, 0.15) is 6.04 Å². The van der Waals surface area contributed by atoms with E-state index in [1.54, 1.807) is 28.9 Å². The van der Waals surface area contributed by atoms with Crippen molar-refractivity contribution in [2.75, 3.05) is 10.0 Å². The number of halogens is 1. The van der Waals surface area contributed by atoms with Crippen LogP contribution in [0, 0.1) is 13.8 Å². The highest BCUT2D eigenvalue weighted by atomic mass is 35.5. The average Bonchev–Trinajstić information content (AvgIpc) is 3.21. The number of nitrogens with zero attached hydrogens (tertiary/aromatic N) is 3. The molecule has 1 aliphatic rings. The van der Waals surface area contributed by atoms with Gasteiger partial charge in [0.15, 0.2) is 0 Å². The SMILES string of the molecule is Cc1ccc([C@H]2C=C(c3ccc(Cl)cc3)Nc3nc(NS(=O)(=O)c4ccc(C)cc4)nn32)cc1. The molecule has 0 unspecified atom stereocenters. The quantitative estimate of drug-likeness (QED) is 0.390. The molecule has 2 N–H and O–H groups in total. The van der Waals surface area contributed by atoms with Crippen LogP contribution in [0.5, 0.6) is 0 Å². The molecule has 7 nitrogen and oxygen atoms in total. The van der Waals surface area contributed by atoms with Crippen molar-refractivity contribution in [3.05, 3.63) is 106 Å². The van der Waals surface area contributed by atoms with Crippen LogP contribution in [-0.2, 0) is 10.0 Å². The van der Waals surface area contributed by atoms with Gasteiger partial charge in [-0.3, -0.25) is 0 Å². The highest BCUT2D eigenvalue weighted by Crippen LogP contribution is 2.34. The number of hydrogen-bond donors (Lipinski definition) is 2. The number of anilines is 2. The van der Waals surface area contributed by atoms with Crippen molar-refractivity contribution in [3.8, 4) is 0 Å². The monoisotopic (exact) mass is 491 g/mol. The zero-order chi connectivity index (χ0) is 23.9. The topological polar surface area (TPSA) is 88.9 Å². The molecule has 0 saturated carbocycles. The molecular formula is C25H22ClN5O2S. The maximum absolute atomic E-state index is 12.9. The summed E-state index contributed by atoms with van der Waals surface area (Å²) in [5.74, 6) is 0.422. The molecule has 4 aromatic rings. The average molecular weight is 492 g/mol. The third-order valence-electron chi connectivity index (χ3n) is 5.60. The van der Waals surface area contributed by atoms with Crippen LogP contribution in [0.3, 0.4) is 0 Å². The molecule has 1 atom stereocenters. The van der Waals surface area contributed by atoms with Crippen LogP contribution < -0.4 is 10.0 Å². The maximum Gasteiger partial charge on any atom is 0.264 e. The summed E-state index contributed by atoms with van der Waals surface area (Å²) in [5.41, 5.74) is 4.87. The van der Waals surface area contributed by atoms with Crippen LogP contribution in [0.1, 0.15) is 28.3 Å². The lowest BCUT2D eigenvalue weighted by Gasteiger charge is -2.24. The molecule has 2 heterocycles. The number of rotatable bonds is 5. The molecule has 1 aromatic heterocycles. The van der Waals surface area contributed by atoms with Gasteiger partial charge in [-0.2, -0.15) is 4.98 Å². The minimum absolute atomic E-state index is 0.00839. The van der Waals surface area contributed by atoms with Crippen molar-refractivity contribution in [1.82, 2.24) is 14.8 Å². The van der Waals surface area contributed by atoms with E-state index in [1.807, 2.05) is 68.5 Å². The van der Waals surface area contributed by atoms with E-state index in [0.29, 0.717) is 11.0 Å². The van der Waals surface area contributed by atoms with E-state index >= 15 is 0 Å². The van der Waals surface area contributed by atoms with Crippen molar-refractivity contribution in [1.29, 1.82) is 0 Å². The summed E-state index contributed by atoms with van der Waals surface area (Å²) in [6.45, 7) is 3.93. The molecule has 1 aliphatic heterocycles. The number of benzene rings is 3. The molecule has 0 radical (unpaired) electrons. The smallest absolute Gasteiger partial charge is 0.264 e. The second-order valence-electron chi connectivity index (χ2n) is 8.19. The lowest BCUT2D eigenvalue weighted by molar-refractivity contribution is 0.598. The minimum Gasteiger partial charge on any atom is -0.324 e. The van der Waals surface area contributed by atoms with Gasteiger partial charge in [-0.25, -0.2) is 17.8 Å². The van der Waals surface area contributed by atoms with Gasteiger partial charge in [0.25, 0.3) is 16.0 Å². The molecule has 3 aromatic carbocycles. The van der Waals surface area contributed by atoms with Gasteiger partial charge in [0, 0.05) is 10.7 Å². The number of nitrogens with one attached hydrogen (secondary N) is 2. The summed E-state index contributed by atoms with van der Waals surface area (Å²) in [5, 5.41) is 8.40. The van der Waals surface area contributed by atoms with Gasteiger partial charge >= 0.3 is 0 Å². The minimum atomic E-state index is -3.84. The predicted molar refractivity (Wildman–Crippen MR) is 134 cm³/mol. The van der Waals surface area contributed by atoms with E-state index in [-0.39, 0.29) is 16.9 Å². The second-order valence-corrected chi connectivity index (χ2v) is 10.3. The number of allylic oxidation sites excluding steroid dienone is 1. The van der Waals surface area contributed by atoms with Gasteiger partial charge < -0.3 is 5.32 Å². The van der Waals surface area contributed by atoms with Gasteiger partial charge in [-0.05, 0) is 55.3 Å². The zero-order valence-electron chi connectivity index (χ0n) is 18.5. The molecule has 0 amide bonds. The van der Waals surface area contributed by atoms with Crippen molar-refractivity contribution < 1.29 is 8.42 Å². The first-order valence-corrected chi connectivity index (χ1v) is 12.5. The second kappa shape index (κ2) is 8.62. The van der Waals surface area contributed by atoms with Crippen LogP contribution in [-0.4, -0.2) is 23.2 Å². The van der Waals surface area contributed by atoms with Crippen LogP contribution in [0.25, 0.3) is 5.70 Å². The van der Waals surface area contributed by atoms with E-state index < -0.39 is 10.0 Å². The molecule has 0 spiro atoms. The molecule has 0 saturated heterocycles. The molecule has 172 valence electrons. The van der Waals surface area contributed by atoms with Crippen LogP contribution in [0.4, 0.5) is 11.9 Å². The summed E-state index contributed by atoms with van der Waals surface area (Å²) >= 11 is 6.06. The van der Waals surface area contributed by atoms with Crippen molar-refractivity contribution >= 4 is 39.2 Å². The summed E-state index contributed by atoms with van der Waals surface area (Å²) in [6, 6.07) is 21.9. The fraction of sp³-hybridized carbons (Fsp3) is 0.120. The largest absolute Gasteiger partial charge is 0.324 e. The number of sulfonamides is 1. The van der Waals surface area contributed by atoms with Crippen LogP contribution in [0.15, 0.2) is 83.8 Å². The number of fused-ring (bicyclic) bond motifs is 1. The predicted octanol–water partition coefficient (Wildman–Crippen LogP) is 5.41. The van der Waals surface area contributed by atoms with Gasteiger partial charge in [0.2, 0.25) is 5.95 Å². The van der Waals surface area contributed by atoms with E-state index in [9.17, 15) is 8.42 Å². The first-order chi connectivity index (χ1) is 16.3. The number of aromatic nitrogens is 3. The van der Waals surface area contributed by atoms with E-state index in [4.69, 9.17) is 11.6 Å². The van der Waals surface area contributed by atoms with Crippen LogP contribution in [0.2, 0.25) is 5.02 Å². The van der Waals surface area contributed by atoms with Crippen molar-refractivity contribution in [2.45, 2.75) is 24.8 Å². The maximum atomic E-state index is 12.9. The Bertz CT molecular complexity index is 1480. The summed E-state index contributed by atoms with van der Waals surface area (Å²) in [7, 11) is -3.84. The van der Waals surface area contributed by atoms with E-state index in [0.717, 1.165) is 28.0 Å². The third kappa shape index (κ3) is 4.42. The van der Waals surface area contributed by atoms with E-state index in [1.165, 1.54) is 0 Å². The standard InChI is InChI=1S/C25H22ClN5O2S/c1-16-3-7-19(8-4-16)23-15-22(18-9-11-20(26)12-10-18)27-25-28-24(29-31(23)25)30-34(32,33)21-13-5-17(2)6-14-21/h3-15,23H,1-2H3,(H2,27,28,29,30)/t23-/m1/s1. The highest BCUT2D eigenvalue weighted by molar-refractivity contribution is 7.92. The summed E-state index contributed by atoms with van der Waals surface area (Å²) < 4.78 is 30.0. The third-order valence-corrected chi connectivity index (χ3v) is 7.19. The normalized spacial score (nSPS) is 15.3. The Hall–Kier alpha value is -3.62. The Balaban J connectivity index is 1.53. The Kier molecular flexibility index (Phi) is 5.63.